The number of amides is 1. The van der Waals surface area contributed by atoms with E-state index in [0.717, 1.165) is 22.4 Å². The van der Waals surface area contributed by atoms with Gasteiger partial charge in [-0.1, -0.05) is 41.4 Å². The van der Waals surface area contributed by atoms with E-state index < -0.39 is 0 Å². The molecular formula is C18H19ClN2O2. The maximum absolute atomic E-state index is 11.8. The molecule has 0 aliphatic rings. The van der Waals surface area contributed by atoms with Gasteiger partial charge in [0.05, 0.1) is 5.71 Å². The van der Waals surface area contributed by atoms with Crippen molar-refractivity contribution in [2.75, 3.05) is 6.61 Å². The highest BCUT2D eigenvalue weighted by Gasteiger charge is 2.05. The molecule has 2 aromatic carbocycles. The first kappa shape index (κ1) is 17.0. The summed E-state index contributed by atoms with van der Waals surface area (Å²) < 4.78 is 5.47. The van der Waals surface area contributed by atoms with Crippen molar-refractivity contribution in [3.05, 3.63) is 64.2 Å². The van der Waals surface area contributed by atoms with Crippen molar-refractivity contribution in [3.8, 4) is 5.75 Å². The van der Waals surface area contributed by atoms with Gasteiger partial charge < -0.3 is 4.74 Å². The summed E-state index contributed by atoms with van der Waals surface area (Å²) in [5.74, 6) is 0.315. The van der Waals surface area contributed by atoms with Crippen molar-refractivity contribution in [2.45, 2.75) is 20.8 Å². The van der Waals surface area contributed by atoms with Crippen molar-refractivity contribution < 1.29 is 9.53 Å². The van der Waals surface area contributed by atoms with Crippen molar-refractivity contribution in [2.24, 2.45) is 5.10 Å². The fraction of sp³-hybridized carbons (Fsp3) is 0.222. The van der Waals surface area contributed by atoms with Crippen molar-refractivity contribution in [1.29, 1.82) is 0 Å². The Bertz CT molecular complexity index is 742. The quantitative estimate of drug-likeness (QED) is 0.668. The summed E-state index contributed by atoms with van der Waals surface area (Å²) in [5, 5.41) is 4.74. The minimum Gasteiger partial charge on any atom is -0.483 e. The highest BCUT2D eigenvalue weighted by atomic mass is 35.5. The average molecular weight is 331 g/mol. The largest absolute Gasteiger partial charge is 0.483 e. The van der Waals surface area contributed by atoms with Gasteiger partial charge in [0.2, 0.25) is 0 Å². The fourth-order valence-corrected chi connectivity index (χ4v) is 2.26. The lowest BCUT2D eigenvalue weighted by molar-refractivity contribution is -0.123. The number of rotatable bonds is 5. The summed E-state index contributed by atoms with van der Waals surface area (Å²) in [6.45, 7) is 5.63. The number of halogens is 1. The van der Waals surface area contributed by atoms with Crippen LogP contribution in [0, 0.1) is 13.8 Å². The van der Waals surface area contributed by atoms with Crippen LogP contribution in [0.25, 0.3) is 0 Å². The third kappa shape index (κ3) is 5.11. The lowest BCUT2D eigenvalue weighted by atomic mass is 10.1. The summed E-state index contributed by atoms with van der Waals surface area (Å²) in [6, 6.07) is 13.2. The van der Waals surface area contributed by atoms with E-state index in [1.54, 1.807) is 18.2 Å². The molecule has 1 amide bonds. The highest BCUT2D eigenvalue weighted by Crippen LogP contribution is 2.21. The van der Waals surface area contributed by atoms with E-state index in [2.05, 4.69) is 10.5 Å². The first-order valence-corrected chi connectivity index (χ1v) is 7.62. The van der Waals surface area contributed by atoms with E-state index in [0.29, 0.717) is 10.8 Å². The molecule has 120 valence electrons. The monoisotopic (exact) mass is 330 g/mol. The van der Waals surface area contributed by atoms with E-state index in [4.69, 9.17) is 16.3 Å². The number of carbonyl (C=O) groups excluding carboxylic acids is 1. The maximum Gasteiger partial charge on any atom is 0.277 e. The Hall–Kier alpha value is -2.33. The van der Waals surface area contributed by atoms with E-state index >= 15 is 0 Å². The van der Waals surface area contributed by atoms with E-state index in [-0.39, 0.29) is 12.5 Å². The van der Waals surface area contributed by atoms with Gasteiger partial charge in [0, 0.05) is 5.02 Å². The van der Waals surface area contributed by atoms with Gasteiger partial charge in [-0.2, -0.15) is 5.10 Å². The molecule has 2 aromatic rings. The number of hydrogen-bond donors (Lipinski definition) is 1. The van der Waals surface area contributed by atoms with E-state index in [1.807, 2.05) is 45.0 Å². The van der Waals surface area contributed by atoms with Crippen LogP contribution < -0.4 is 10.2 Å². The second-order valence-corrected chi connectivity index (χ2v) is 5.74. The predicted octanol–water partition coefficient (Wildman–Crippen LogP) is 3.88. The molecule has 0 radical (unpaired) electrons. The van der Waals surface area contributed by atoms with Crippen molar-refractivity contribution >= 4 is 23.2 Å². The highest BCUT2D eigenvalue weighted by molar-refractivity contribution is 6.30. The topological polar surface area (TPSA) is 50.7 Å². The van der Waals surface area contributed by atoms with Crippen LogP contribution in [0.15, 0.2) is 47.6 Å². The molecule has 23 heavy (non-hydrogen) atoms. The zero-order chi connectivity index (χ0) is 16.8. The fourth-order valence-electron chi connectivity index (χ4n) is 2.03. The minimum atomic E-state index is -0.314. The molecule has 0 aliphatic carbocycles. The molecule has 0 heterocycles. The van der Waals surface area contributed by atoms with Gasteiger partial charge in [-0.15, -0.1) is 0 Å². The number of nitrogens with zero attached hydrogens (tertiary/aromatic N) is 1. The Morgan fingerprint density at radius 1 is 1.22 bits per heavy atom. The standard InChI is InChI=1S/C18H19ClN2O2/c1-12-5-4-6-15(9-12)14(3)20-21-18(22)11-23-17-8-7-16(19)10-13(17)2/h4-10H,11H2,1-3H3,(H,21,22). The Balaban J connectivity index is 1.90. The third-order valence-electron chi connectivity index (χ3n) is 3.28. The summed E-state index contributed by atoms with van der Waals surface area (Å²) in [7, 11) is 0. The molecule has 2 rings (SSSR count). The predicted molar refractivity (Wildman–Crippen MR) is 93.2 cm³/mol. The van der Waals surface area contributed by atoms with Gasteiger partial charge >= 0.3 is 0 Å². The molecule has 0 saturated heterocycles. The van der Waals surface area contributed by atoms with Gasteiger partial charge in [0.25, 0.3) is 5.91 Å². The Kier molecular flexibility index (Phi) is 5.77. The van der Waals surface area contributed by atoms with Crippen LogP contribution in [0.1, 0.15) is 23.6 Å². The number of aryl methyl sites for hydroxylation is 2. The Labute approximate surface area is 141 Å². The molecule has 0 aliphatic heterocycles. The number of ether oxygens (including phenoxy) is 1. The average Bonchev–Trinajstić information content (AvgIpc) is 2.51. The van der Waals surface area contributed by atoms with Crippen LogP contribution >= 0.6 is 11.6 Å². The van der Waals surface area contributed by atoms with Gasteiger partial charge in [0.15, 0.2) is 6.61 Å². The van der Waals surface area contributed by atoms with E-state index in [1.165, 1.54) is 0 Å². The van der Waals surface area contributed by atoms with Crippen LogP contribution in [0.4, 0.5) is 0 Å². The molecular weight excluding hydrogens is 312 g/mol. The second kappa shape index (κ2) is 7.79. The molecule has 4 nitrogen and oxygen atoms in total. The van der Waals surface area contributed by atoms with Crippen LogP contribution in [0.3, 0.4) is 0 Å². The normalized spacial score (nSPS) is 11.2. The summed E-state index contributed by atoms with van der Waals surface area (Å²) >= 11 is 5.88. The number of hydrogen-bond acceptors (Lipinski definition) is 3. The first-order valence-electron chi connectivity index (χ1n) is 7.25. The number of hydrazone groups is 1. The van der Waals surface area contributed by atoms with Crippen molar-refractivity contribution in [1.82, 2.24) is 5.43 Å². The van der Waals surface area contributed by atoms with Gasteiger partial charge in [0.1, 0.15) is 5.75 Å². The molecule has 0 atom stereocenters. The molecule has 1 N–H and O–H groups in total. The van der Waals surface area contributed by atoms with Crippen LogP contribution in [0.2, 0.25) is 5.02 Å². The van der Waals surface area contributed by atoms with E-state index in [9.17, 15) is 4.79 Å². The SMILES string of the molecule is CC(=NNC(=O)COc1ccc(Cl)cc1C)c1cccc(C)c1. The summed E-state index contributed by atoms with van der Waals surface area (Å²) in [5.41, 5.74) is 6.23. The van der Waals surface area contributed by atoms with Crippen LogP contribution in [-0.2, 0) is 4.79 Å². The zero-order valence-electron chi connectivity index (χ0n) is 13.4. The second-order valence-electron chi connectivity index (χ2n) is 5.30. The van der Waals surface area contributed by atoms with Crippen molar-refractivity contribution in [3.63, 3.8) is 0 Å². The Morgan fingerprint density at radius 2 is 2.00 bits per heavy atom. The van der Waals surface area contributed by atoms with Crippen LogP contribution in [-0.4, -0.2) is 18.2 Å². The molecule has 0 aromatic heterocycles. The molecule has 5 heteroatoms. The summed E-state index contributed by atoms with van der Waals surface area (Å²) in [4.78, 5) is 11.8. The minimum absolute atomic E-state index is 0.104. The smallest absolute Gasteiger partial charge is 0.277 e. The van der Waals surface area contributed by atoms with Gasteiger partial charge in [-0.3, -0.25) is 4.79 Å². The third-order valence-corrected chi connectivity index (χ3v) is 3.51. The lowest BCUT2D eigenvalue weighted by Gasteiger charge is -2.08. The summed E-state index contributed by atoms with van der Waals surface area (Å²) in [6.07, 6.45) is 0. The molecule has 0 spiro atoms. The maximum atomic E-state index is 11.8. The molecule has 0 fully saturated rings. The van der Waals surface area contributed by atoms with Gasteiger partial charge in [-0.05, 0) is 50.1 Å². The number of carbonyl (C=O) groups is 1. The number of benzene rings is 2. The molecule has 0 saturated carbocycles. The number of nitrogens with one attached hydrogen (secondary N) is 1. The zero-order valence-corrected chi connectivity index (χ0v) is 14.1. The Morgan fingerprint density at radius 3 is 2.70 bits per heavy atom. The van der Waals surface area contributed by atoms with Crippen LogP contribution in [0.5, 0.6) is 5.75 Å². The first-order chi connectivity index (χ1) is 11.0. The molecule has 0 unspecified atom stereocenters. The molecule has 0 bridgehead atoms. The lowest BCUT2D eigenvalue weighted by Crippen LogP contribution is -2.25. The van der Waals surface area contributed by atoms with Gasteiger partial charge in [-0.25, -0.2) is 5.43 Å².